The number of rotatable bonds is 10. The number of para-hydroxylation sites is 1. The number of aromatic nitrogens is 2. The first-order valence-electron chi connectivity index (χ1n) is 17.1. The van der Waals surface area contributed by atoms with Gasteiger partial charge in [-0.15, -0.1) is 0 Å². The Morgan fingerprint density at radius 2 is 1.68 bits per heavy atom. The van der Waals surface area contributed by atoms with Crippen LogP contribution in [0, 0.1) is 10.1 Å². The maximum absolute atomic E-state index is 14.1. The first kappa shape index (κ1) is 33.9. The lowest BCUT2D eigenvalue weighted by atomic mass is 9.89. The predicted octanol–water partition coefficient (Wildman–Crippen LogP) is 4.71. The Kier molecular flexibility index (Phi) is 9.73. The second-order valence-corrected chi connectivity index (χ2v) is 15.1. The number of pyridine rings is 1. The summed E-state index contributed by atoms with van der Waals surface area (Å²) in [6.45, 7) is 5.95. The molecule has 0 radical (unpaired) electrons. The summed E-state index contributed by atoms with van der Waals surface area (Å²) in [6.07, 6.45) is 8.98. The van der Waals surface area contributed by atoms with E-state index in [4.69, 9.17) is 15.2 Å². The number of anilines is 1. The first-order valence-corrected chi connectivity index (χ1v) is 18.6. The zero-order valence-corrected chi connectivity index (χ0v) is 28.4. The van der Waals surface area contributed by atoms with Crippen LogP contribution in [0.4, 0.5) is 11.4 Å². The van der Waals surface area contributed by atoms with E-state index in [1.54, 1.807) is 18.3 Å². The Labute approximate surface area is 290 Å². The Morgan fingerprint density at radius 1 is 0.980 bits per heavy atom. The highest BCUT2D eigenvalue weighted by molar-refractivity contribution is 7.91. The molecule has 0 atom stereocenters. The first-order chi connectivity index (χ1) is 24.2. The van der Waals surface area contributed by atoms with E-state index in [9.17, 15) is 23.3 Å². The van der Waals surface area contributed by atoms with Crippen LogP contribution in [0.25, 0.3) is 11.0 Å². The van der Waals surface area contributed by atoms with Gasteiger partial charge in [0.2, 0.25) is 9.84 Å². The smallest absolute Gasteiger partial charge is 0.293 e. The molecule has 2 aliphatic heterocycles. The van der Waals surface area contributed by atoms with Crippen molar-refractivity contribution in [2.24, 2.45) is 5.73 Å². The molecule has 4 heterocycles. The van der Waals surface area contributed by atoms with Crippen LogP contribution in [0.15, 0.2) is 70.7 Å². The molecule has 1 aliphatic carbocycles. The fraction of sp³-hybridized carbons (Fsp3) is 0.429. The van der Waals surface area contributed by atoms with Crippen molar-refractivity contribution in [1.82, 2.24) is 19.8 Å². The number of sulfone groups is 1. The highest BCUT2D eigenvalue weighted by atomic mass is 32.2. The lowest BCUT2D eigenvalue weighted by Crippen LogP contribution is -2.54. The van der Waals surface area contributed by atoms with Crippen LogP contribution in [0.5, 0.6) is 11.5 Å². The maximum atomic E-state index is 14.1. The van der Waals surface area contributed by atoms with E-state index in [0.29, 0.717) is 23.1 Å². The molecule has 1 amide bonds. The van der Waals surface area contributed by atoms with Crippen LogP contribution in [0.3, 0.4) is 0 Å². The number of nitrogens with zero attached hydrogens (tertiary/aromatic N) is 4. The predicted molar refractivity (Wildman–Crippen MR) is 186 cm³/mol. The van der Waals surface area contributed by atoms with Crippen LogP contribution in [-0.4, -0.2) is 96.5 Å². The number of nitrogens with one attached hydrogen (secondary N) is 2. The van der Waals surface area contributed by atoms with Crippen LogP contribution in [0.1, 0.15) is 48.9 Å². The highest BCUT2D eigenvalue weighted by Crippen LogP contribution is 2.39. The number of fused-ring (bicyclic) bond motifs is 1. The minimum atomic E-state index is -4.42. The molecule has 15 heteroatoms. The average molecular weight is 704 g/mol. The third-order valence-corrected chi connectivity index (χ3v) is 12.0. The molecule has 14 nitrogen and oxygen atoms in total. The summed E-state index contributed by atoms with van der Waals surface area (Å²) >= 11 is 0. The SMILES string of the molecule is NC(=O)c1cccc(S(=O)(=O)c2ccc(NC3CCC(N4CCN(C5CCOCC5)CC4)CC3)c([N+](=O)[O-])c2)c1Oc1cnc2[nH]ccc2c1. The number of carbonyl (C=O) groups excluding carboxylic acids is 1. The molecule has 1 saturated carbocycles. The Hall–Kier alpha value is -4.57. The molecule has 7 rings (SSSR count). The molecule has 2 aromatic carbocycles. The van der Waals surface area contributed by atoms with Gasteiger partial charge in [-0.05, 0) is 74.9 Å². The van der Waals surface area contributed by atoms with E-state index in [1.165, 1.54) is 36.5 Å². The maximum Gasteiger partial charge on any atom is 0.293 e. The Morgan fingerprint density at radius 3 is 2.36 bits per heavy atom. The molecule has 2 saturated heterocycles. The number of carbonyl (C=O) groups is 1. The van der Waals surface area contributed by atoms with Gasteiger partial charge in [0.1, 0.15) is 22.0 Å². The van der Waals surface area contributed by atoms with Crippen molar-refractivity contribution < 1.29 is 27.6 Å². The average Bonchev–Trinajstić information content (AvgIpc) is 3.60. The van der Waals surface area contributed by atoms with Crippen LogP contribution in [-0.2, 0) is 14.6 Å². The summed E-state index contributed by atoms with van der Waals surface area (Å²) in [5.41, 5.74) is 5.95. The molecule has 4 N–H and O–H groups in total. The van der Waals surface area contributed by atoms with Crippen molar-refractivity contribution in [2.75, 3.05) is 44.7 Å². The standard InChI is InChI=1S/C35H41N7O7S/c36-34(43)29-2-1-3-32(33(29)49-27-20-23-10-13-37-35(23)38-22-27)50(46,47)28-8-9-30(31(21-28)42(44)45)39-24-4-6-25(7-5-24)40-14-16-41(17-15-40)26-11-18-48-19-12-26/h1-3,8-10,13,20-22,24-26,39H,4-7,11-12,14-19H2,(H2,36,43)(H,37,38). The number of nitro groups is 1. The van der Waals surface area contributed by atoms with Gasteiger partial charge in [-0.1, -0.05) is 6.07 Å². The summed E-state index contributed by atoms with van der Waals surface area (Å²) in [6, 6.07) is 12.4. The Balaban J connectivity index is 1.05. The lowest BCUT2D eigenvalue weighted by molar-refractivity contribution is -0.384. The number of nitro benzene ring substituents is 1. The molecule has 264 valence electrons. The van der Waals surface area contributed by atoms with Gasteiger partial charge in [0.15, 0.2) is 5.75 Å². The van der Waals surface area contributed by atoms with Crippen molar-refractivity contribution >= 4 is 38.2 Å². The number of ether oxygens (including phenoxy) is 2. The number of piperazine rings is 1. The van der Waals surface area contributed by atoms with Crippen molar-refractivity contribution in [2.45, 2.75) is 66.4 Å². The third kappa shape index (κ3) is 7.03. The van der Waals surface area contributed by atoms with E-state index in [0.717, 1.165) is 84.0 Å². The van der Waals surface area contributed by atoms with Crippen molar-refractivity contribution in [1.29, 1.82) is 0 Å². The minimum Gasteiger partial charge on any atom is -0.453 e. The summed E-state index contributed by atoms with van der Waals surface area (Å²) < 4.78 is 39.6. The zero-order valence-electron chi connectivity index (χ0n) is 27.6. The van der Waals surface area contributed by atoms with E-state index in [2.05, 4.69) is 25.1 Å². The Bertz CT molecular complexity index is 1980. The number of benzene rings is 2. The second-order valence-electron chi connectivity index (χ2n) is 13.2. The fourth-order valence-electron chi connectivity index (χ4n) is 7.52. The van der Waals surface area contributed by atoms with Gasteiger partial charge >= 0.3 is 0 Å². The molecule has 0 bridgehead atoms. The summed E-state index contributed by atoms with van der Waals surface area (Å²) in [5, 5.41) is 16.3. The minimum absolute atomic E-state index is 0.0224. The lowest BCUT2D eigenvalue weighted by Gasteiger charge is -2.45. The second kappa shape index (κ2) is 14.3. The van der Waals surface area contributed by atoms with Gasteiger partial charge in [-0.3, -0.25) is 24.7 Å². The summed E-state index contributed by atoms with van der Waals surface area (Å²) in [7, 11) is -4.42. The number of aromatic amines is 1. The molecule has 3 fully saturated rings. The van der Waals surface area contributed by atoms with Gasteiger partial charge in [-0.2, -0.15) is 0 Å². The number of primary amides is 1. The topological polar surface area (TPSA) is 186 Å². The van der Waals surface area contributed by atoms with Gasteiger partial charge in [-0.25, -0.2) is 13.4 Å². The largest absolute Gasteiger partial charge is 0.453 e. The molecular weight excluding hydrogens is 662 g/mol. The van der Waals surface area contributed by atoms with Crippen LogP contribution < -0.4 is 15.8 Å². The molecule has 50 heavy (non-hydrogen) atoms. The molecule has 2 aromatic heterocycles. The number of amides is 1. The van der Waals surface area contributed by atoms with Crippen molar-refractivity contribution in [3.8, 4) is 11.5 Å². The number of H-pyrrole nitrogens is 1. The van der Waals surface area contributed by atoms with Crippen molar-refractivity contribution in [3.05, 3.63) is 76.6 Å². The number of nitrogens with two attached hydrogens (primary N) is 1. The number of hydrogen-bond acceptors (Lipinski definition) is 11. The van der Waals surface area contributed by atoms with Crippen LogP contribution >= 0.6 is 0 Å². The summed E-state index contributed by atoms with van der Waals surface area (Å²) in [4.78, 5) is 35.8. The molecule has 0 unspecified atom stereocenters. The van der Waals surface area contributed by atoms with Gasteiger partial charge in [0.05, 0.1) is 21.6 Å². The fourth-order valence-corrected chi connectivity index (χ4v) is 8.94. The number of hydrogen-bond donors (Lipinski definition) is 3. The van der Waals surface area contributed by atoms with E-state index in [-0.39, 0.29) is 44.3 Å². The highest BCUT2D eigenvalue weighted by Gasteiger charge is 2.33. The van der Waals surface area contributed by atoms with Crippen molar-refractivity contribution in [3.63, 3.8) is 0 Å². The van der Waals surface area contributed by atoms with Gasteiger partial charge in [0, 0.05) is 75.2 Å². The van der Waals surface area contributed by atoms with E-state index < -0.39 is 20.7 Å². The molecule has 0 spiro atoms. The molecular formula is C35H41N7O7S. The monoisotopic (exact) mass is 703 g/mol. The molecule has 4 aromatic rings. The van der Waals surface area contributed by atoms with E-state index >= 15 is 0 Å². The van der Waals surface area contributed by atoms with Gasteiger partial charge < -0.3 is 25.5 Å². The normalized spacial score (nSPS) is 21.2. The zero-order chi connectivity index (χ0) is 34.8. The summed E-state index contributed by atoms with van der Waals surface area (Å²) in [5.74, 6) is -1.01. The van der Waals surface area contributed by atoms with Crippen LogP contribution in [0.2, 0.25) is 0 Å². The quantitative estimate of drug-likeness (QED) is 0.153. The third-order valence-electron chi connectivity index (χ3n) is 10.2. The van der Waals surface area contributed by atoms with Gasteiger partial charge in [0.25, 0.3) is 11.6 Å². The molecule has 3 aliphatic rings. The van der Waals surface area contributed by atoms with E-state index in [1.807, 2.05) is 0 Å².